The van der Waals surface area contributed by atoms with Crippen LogP contribution in [-0.4, -0.2) is 5.97 Å². The SMILES string of the molecule is C=C1CC[C@@H]2C(C)=COC(=O)[C@H]12. The fraction of sp³-hybridized carbons (Fsp3) is 0.500. The van der Waals surface area contributed by atoms with Crippen LogP contribution in [0.1, 0.15) is 19.8 Å². The van der Waals surface area contributed by atoms with E-state index in [4.69, 9.17) is 4.74 Å². The third-order valence-electron chi connectivity index (χ3n) is 2.82. The van der Waals surface area contributed by atoms with Gasteiger partial charge in [0.05, 0.1) is 12.2 Å². The maximum atomic E-state index is 11.3. The van der Waals surface area contributed by atoms with Gasteiger partial charge in [-0.15, -0.1) is 0 Å². The Morgan fingerprint density at radius 2 is 2.42 bits per heavy atom. The summed E-state index contributed by atoms with van der Waals surface area (Å²) >= 11 is 0. The van der Waals surface area contributed by atoms with E-state index in [9.17, 15) is 4.79 Å². The highest BCUT2D eigenvalue weighted by Gasteiger charge is 2.40. The van der Waals surface area contributed by atoms with Crippen LogP contribution in [0.4, 0.5) is 0 Å². The molecule has 1 aliphatic heterocycles. The predicted octanol–water partition coefficient (Wildman–Crippen LogP) is 2.03. The number of cyclic esters (lactones) is 1. The smallest absolute Gasteiger partial charge is 0.318 e. The van der Waals surface area contributed by atoms with E-state index in [0.29, 0.717) is 5.92 Å². The van der Waals surface area contributed by atoms with Crippen molar-refractivity contribution in [3.05, 3.63) is 24.0 Å². The Bertz CT molecular complexity index is 276. The van der Waals surface area contributed by atoms with Crippen LogP contribution in [0.5, 0.6) is 0 Å². The van der Waals surface area contributed by atoms with Crippen LogP contribution >= 0.6 is 0 Å². The molecule has 1 fully saturated rings. The van der Waals surface area contributed by atoms with Crippen molar-refractivity contribution in [3.63, 3.8) is 0 Å². The van der Waals surface area contributed by atoms with Gasteiger partial charge in [-0.3, -0.25) is 4.79 Å². The van der Waals surface area contributed by atoms with Gasteiger partial charge >= 0.3 is 5.97 Å². The van der Waals surface area contributed by atoms with Crippen molar-refractivity contribution in [2.45, 2.75) is 19.8 Å². The molecule has 0 aromatic heterocycles. The Labute approximate surface area is 71.9 Å². The molecule has 2 aliphatic rings. The number of hydrogen-bond acceptors (Lipinski definition) is 2. The van der Waals surface area contributed by atoms with Crippen LogP contribution in [0.25, 0.3) is 0 Å². The van der Waals surface area contributed by atoms with Gasteiger partial charge in [0.25, 0.3) is 0 Å². The standard InChI is InChI=1S/C10H12O2/c1-6-3-4-8-7(2)5-12-10(11)9(6)8/h5,8-9H,1,3-4H2,2H3/t8-,9-/m1/s1. The van der Waals surface area contributed by atoms with Gasteiger partial charge in [0.1, 0.15) is 0 Å². The lowest BCUT2D eigenvalue weighted by atomic mass is 9.87. The number of hydrogen-bond donors (Lipinski definition) is 0. The molecule has 0 N–H and O–H groups in total. The lowest BCUT2D eigenvalue weighted by Crippen LogP contribution is -2.25. The summed E-state index contributed by atoms with van der Waals surface area (Å²) in [5.74, 6) is 0.210. The largest absolute Gasteiger partial charge is 0.434 e. The highest BCUT2D eigenvalue weighted by Crippen LogP contribution is 2.42. The monoisotopic (exact) mass is 164 g/mol. The van der Waals surface area contributed by atoms with Gasteiger partial charge in [-0.05, 0) is 25.3 Å². The Morgan fingerprint density at radius 1 is 1.67 bits per heavy atom. The second-order valence-corrected chi connectivity index (χ2v) is 3.58. The zero-order chi connectivity index (χ0) is 8.72. The molecular formula is C10H12O2. The molecule has 1 aliphatic carbocycles. The summed E-state index contributed by atoms with van der Waals surface area (Å²) in [6, 6.07) is 0. The van der Waals surface area contributed by atoms with E-state index in [1.165, 1.54) is 5.57 Å². The minimum Gasteiger partial charge on any atom is -0.434 e. The summed E-state index contributed by atoms with van der Waals surface area (Å²) in [4.78, 5) is 11.3. The maximum absolute atomic E-state index is 11.3. The van der Waals surface area contributed by atoms with E-state index < -0.39 is 0 Å². The van der Waals surface area contributed by atoms with Gasteiger partial charge in [-0.25, -0.2) is 0 Å². The molecule has 0 amide bonds. The molecule has 0 radical (unpaired) electrons. The van der Waals surface area contributed by atoms with Gasteiger partial charge in [0.2, 0.25) is 0 Å². The summed E-state index contributed by atoms with van der Waals surface area (Å²) in [5, 5.41) is 0. The lowest BCUT2D eigenvalue weighted by molar-refractivity contribution is -0.143. The average molecular weight is 164 g/mol. The topological polar surface area (TPSA) is 26.3 Å². The molecule has 0 aromatic rings. The molecule has 0 aromatic carbocycles. The van der Waals surface area contributed by atoms with E-state index in [-0.39, 0.29) is 11.9 Å². The fourth-order valence-electron chi connectivity index (χ4n) is 2.08. The summed E-state index contributed by atoms with van der Waals surface area (Å²) in [7, 11) is 0. The van der Waals surface area contributed by atoms with Gasteiger partial charge in [0.15, 0.2) is 0 Å². The first-order valence-corrected chi connectivity index (χ1v) is 4.25. The number of fused-ring (bicyclic) bond motifs is 1. The number of esters is 1. The maximum Gasteiger partial charge on any atom is 0.318 e. The third-order valence-corrected chi connectivity index (χ3v) is 2.82. The van der Waals surface area contributed by atoms with Crippen molar-refractivity contribution in [2.75, 3.05) is 0 Å². The number of carbonyl (C=O) groups is 1. The Hall–Kier alpha value is -1.05. The highest BCUT2D eigenvalue weighted by molar-refractivity contribution is 5.79. The van der Waals surface area contributed by atoms with Crippen molar-refractivity contribution >= 4 is 5.97 Å². The number of rotatable bonds is 0. The first-order chi connectivity index (χ1) is 5.70. The molecule has 0 unspecified atom stereocenters. The lowest BCUT2D eigenvalue weighted by Gasteiger charge is -2.23. The van der Waals surface area contributed by atoms with Crippen molar-refractivity contribution in [2.24, 2.45) is 11.8 Å². The number of ether oxygens (including phenoxy) is 1. The third kappa shape index (κ3) is 0.909. The van der Waals surface area contributed by atoms with Crippen molar-refractivity contribution < 1.29 is 9.53 Å². The number of allylic oxidation sites excluding steroid dienone is 1. The van der Waals surface area contributed by atoms with Crippen LogP contribution < -0.4 is 0 Å². The first-order valence-electron chi connectivity index (χ1n) is 4.25. The molecule has 2 atom stereocenters. The molecule has 2 rings (SSSR count). The van der Waals surface area contributed by atoms with E-state index in [1.54, 1.807) is 6.26 Å². The summed E-state index contributed by atoms with van der Waals surface area (Å²) < 4.78 is 4.91. The second-order valence-electron chi connectivity index (χ2n) is 3.58. The molecule has 1 saturated carbocycles. The molecule has 2 heteroatoms. The van der Waals surface area contributed by atoms with Crippen LogP contribution in [-0.2, 0) is 9.53 Å². The molecular weight excluding hydrogens is 152 g/mol. The van der Waals surface area contributed by atoms with E-state index in [0.717, 1.165) is 18.4 Å². The average Bonchev–Trinajstić information content (AvgIpc) is 2.42. The molecule has 12 heavy (non-hydrogen) atoms. The molecule has 64 valence electrons. The predicted molar refractivity (Wildman–Crippen MR) is 45.2 cm³/mol. The zero-order valence-corrected chi connectivity index (χ0v) is 7.17. The normalized spacial score (nSPS) is 34.2. The second kappa shape index (κ2) is 2.47. The van der Waals surface area contributed by atoms with Crippen LogP contribution in [0.3, 0.4) is 0 Å². The van der Waals surface area contributed by atoms with Crippen molar-refractivity contribution in [1.29, 1.82) is 0 Å². The molecule has 0 spiro atoms. The van der Waals surface area contributed by atoms with E-state index >= 15 is 0 Å². The van der Waals surface area contributed by atoms with Gasteiger partial charge in [-0.2, -0.15) is 0 Å². The zero-order valence-electron chi connectivity index (χ0n) is 7.17. The molecule has 0 saturated heterocycles. The highest BCUT2D eigenvalue weighted by atomic mass is 16.5. The molecule has 1 heterocycles. The van der Waals surface area contributed by atoms with E-state index in [2.05, 4.69) is 6.58 Å². The summed E-state index contributed by atoms with van der Waals surface area (Å²) in [6.07, 6.45) is 3.61. The summed E-state index contributed by atoms with van der Waals surface area (Å²) in [5.41, 5.74) is 2.22. The minimum atomic E-state index is -0.117. The van der Waals surface area contributed by atoms with Crippen molar-refractivity contribution in [3.8, 4) is 0 Å². The fourth-order valence-corrected chi connectivity index (χ4v) is 2.08. The van der Waals surface area contributed by atoms with Gasteiger partial charge in [0, 0.05) is 5.92 Å². The molecule has 2 nitrogen and oxygen atoms in total. The van der Waals surface area contributed by atoms with Gasteiger partial charge in [-0.1, -0.05) is 12.2 Å². The Kier molecular flexibility index (Phi) is 1.56. The van der Waals surface area contributed by atoms with Crippen LogP contribution in [0.15, 0.2) is 24.0 Å². The quantitative estimate of drug-likeness (QED) is 0.404. The first kappa shape index (κ1) is 7.59. The summed E-state index contributed by atoms with van der Waals surface area (Å²) in [6.45, 7) is 5.91. The van der Waals surface area contributed by atoms with E-state index in [1.807, 2.05) is 6.92 Å². The Morgan fingerprint density at radius 3 is 3.08 bits per heavy atom. The van der Waals surface area contributed by atoms with Gasteiger partial charge < -0.3 is 4.74 Å². The minimum absolute atomic E-state index is 0.0463. The van der Waals surface area contributed by atoms with Crippen LogP contribution in [0.2, 0.25) is 0 Å². The van der Waals surface area contributed by atoms with Crippen molar-refractivity contribution in [1.82, 2.24) is 0 Å². The molecule has 0 bridgehead atoms. The van der Waals surface area contributed by atoms with Crippen LogP contribution in [0, 0.1) is 11.8 Å². The Balaban J connectivity index is 2.35. The number of carbonyl (C=O) groups excluding carboxylic acids is 1.